The van der Waals surface area contributed by atoms with E-state index >= 15 is 0 Å². The SMILES string of the molecule is CCCCCCCC[C@H](C)CC(C)C. The van der Waals surface area contributed by atoms with Gasteiger partial charge in [-0.1, -0.05) is 72.6 Å². The lowest BCUT2D eigenvalue weighted by molar-refractivity contribution is 0.397. The van der Waals surface area contributed by atoms with E-state index in [-0.39, 0.29) is 0 Å². The summed E-state index contributed by atoms with van der Waals surface area (Å²) in [4.78, 5) is 0. The number of unbranched alkanes of at least 4 members (excludes halogenated alkanes) is 5. The van der Waals surface area contributed by atoms with Gasteiger partial charge in [-0.2, -0.15) is 0 Å². The number of hydrogen-bond acceptors (Lipinski definition) is 0. The summed E-state index contributed by atoms with van der Waals surface area (Å²) in [5.41, 5.74) is 0. The summed E-state index contributed by atoms with van der Waals surface area (Å²) in [6.45, 7) is 9.35. The van der Waals surface area contributed by atoms with E-state index in [2.05, 4.69) is 27.7 Å². The zero-order chi connectivity index (χ0) is 10.8. The minimum atomic E-state index is 0.880. The molecule has 0 radical (unpaired) electrons. The first-order valence-electron chi connectivity index (χ1n) is 6.66. The van der Waals surface area contributed by atoms with Gasteiger partial charge in [0.05, 0.1) is 0 Å². The number of hydrogen-bond donors (Lipinski definition) is 0. The van der Waals surface area contributed by atoms with Crippen LogP contribution in [0.5, 0.6) is 0 Å². The van der Waals surface area contributed by atoms with E-state index in [1.807, 2.05) is 0 Å². The molecule has 0 aromatic carbocycles. The van der Waals surface area contributed by atoms with Crippen molar-refractivity contribution in [3.63, 3.8) is 0 Å². The molecule has 0 spiro atoms. The molecule has 0 N–H and O–H groups in total. The second kappa shape index (κ2) is 9.55. The van der Waals surface area contributed by atoms with Crippen LogP contribution in [-0.4, -0.2) is 0 Å². The fraction of sp³-hybridized carbons (Fsp3) is 1.00. The van der Waals surface area contributed by atoms with Crippen molar-refractivity contribution < 1.29 is 0 Å². The van der Waals surface area contributed by atoms with E-state index in [0.29, 0.717) is 0 Å². The maximum atomic E-state index is 2.41. The lowest BCUT2D eigenvalue weighted by Crippen LogP contribution is -1.99. The molecule has 0 aliphatic heterocycles. The van der Waals surface area contributed by atoms with Crippen LogP contribution in [0, 0.1) is 11.8 Å². The fourth-order valence-electron chi connectivity index (χ4n) is 2.20. The average molecular weight is 198 g/mol. The highest BCUT2D eigenvalue weighted by Crippen LogP contribution is 2.18. The summed E-state index contributed by atoms with van der Waals surface area (Å²) in [7, 11) is 0. The largest absolute Gasteiger partial charge is 0.0654 e. The Labute approximate surface area is 91.5 Å². The van der Waals surface area contributed by atoms with E-state index in [1.165, 1.54) is 51.4 Å². The molecule has 0 rings (SSSR count). The van der Waals surface area contributed by atoms with Gasteiger partial charge in [0, 0.05) is 0 Å². The molecule has 0 heterocycles. The van der Waals surface area contributed by atoms with Crippen LogP contribution in [-0.2, 0) is 0 Å². The van der Waals surface area contributed by atoms with Crippen LogP contribution in [0.3, 0.4) is 0 Å². The van der Waals surface area contributed by atoms with Gasteiger partial charge >= 0.3 is 0 Å². The van der Waals surface area contributed by atoms with Gasteiger partial charge in [-0.15, -0.1) is 0 Å². The predicted octanol–water partition coefficient (Wildman–Crippen LogP) is 5.42. The summed E-state index contributed by atoms with van der Waals surface area (Å²) in [6.07, 6.45) is 11.5. The van der Waals surface area contributed by atoms with Crippen LogP contribution in [0.4, 0.5) is 0 Å². The maximum absolute atomic E-state index is 2.41. The molecule has 0 aromatic heterocycles. The van der Waals surface area contributed by atoms with Gasteiger partial charge in [0.25, 0.3) is 0 Å². The molecule has 0 aromatic rings. The van der Waals surface area contributed by atoms with Crippen molar-refractivity contribution in [1.82, 2.24) is 0 Å². The van der Waals surface area contributed by atoms with Crippen LogP contribution in [0.1, 0.15) is 79.1 Å². The summed E-state index contributed by atoms with van der Waals surface area (Å²) in [6, 6.07) is 0. The Kier molecular flexibility index (Phi) is 9.55. The molecule has 0 heteroatoms. The van der Waals surface area contributed by atoms with Gasteiger partial charge in [-0.25, -0.2) is 0 Å². The second-order valence-corrected chi connectivity index (χ2v) is 5.29. The van der Waals surface area contributed by atoms with E-state index in [9.17, 15) is 0 Å². The third kappa shape index (κ3) is 10.1. The molecule has 0 saturated heterocycles. The standard InChI is InChI=1S/C14H30/c1-5-6-7-8-9-10-11-14(4)12-13(2)3/h13-14H,5-12H2,1-4H3/t14-/m0/s1. The number of rotatable bonds is 9. The molecule has 0 aliphatic carbocycles. The van der Waals surface area contributed by atoms with Crippen molar-refractivity contribution in [3.05, 3.63) is 0 Å². The topological polar surface area (TPSA) is 0 Å². The van der Waals surface area contributed by atoms with E-state index in [0.717, 1.165) is 11.8 Å². The summed E-state index contributed by atoms with van der Waals surface area (Å²) in [5.74, 6) is 1.83. The maximum Gasteiger partial charge on any atom is -0.0440 e. The second-order valence-electron chi connectivity index (χ2n) is 5.29. The van der Waals surface area contributed by atoms with Gasteiger partial charge in [0.2, 0.25) is 0 Å². The molecule has 0 unspecified atom stereocenters. The van der Waals surface area contributed by atoms with Crippen LogP contribution < -0.4 is 0 Å². The Bertz CT molecular complexity index is 105. The molecule has 1 atom stereocenters. The first kappa shape index (κ1) is 14.0. The first-order valence-corrected chi connectivity index (χ1v) is 6.66. The van der Waals surface area contributed by atoms with Gasteiger partial charge < -0.3 is 0 Å². The van der Waals surface area contributed by atoms with Crippen LogP contribution in [0.15, 0.2) is 0 Å². The van der Waals surface area contributed by atoms with Crippen LogP contribution >= 0.6 is 0 Å². The lowest BCUT2D eigenvalue weighted by atomic mass is 9.93. The zero-order valence-electron chi connectivity index (χ0n) is 10.8. The predicted molar refractivity (Wildman–Crippen MR) is 66.6 cm³/mol. The highest BCUT2D eigenvalue weighted by molar-refractivity contribution is 4.56. The Balaban J connectivity index is 3.10. The highest BCUT2D eigenvalue weighted by atomic mass is 14.1. The fourth-order valence-corrected chi connectivity index (χ4v) is 2.20. The molecule has 0 aliphatic rings. The third-order valence-electron chi connectivity index (χ3n) is 2.92. The van der Waals surface area contributed by atoms with Crippen molar-refractivity contribution in [3.8, 4) is 0 Å². The Morgan fingerprint density at radius 3 is 1.93 bits per heavy atom. The molecule has 0 nitrogen and oxygen atoms in total. The van der Waals surface area contributed by atoms with E-state index < -0.39 is 0 Å². The summed E-state index contributed by atoms with van der Waals surface area (Å²) < 4.78 is 0. The van der Waals surface area contributed by atoms with Crippen molar-refractivity contribution in [2.75, 3.05) is 0 Å². The summed E-state index contributed by atoms with van der Waals surface area (Å²) >= 11 is 0. The minimum Gasteiger partial charge on any atom is -0.0654 e. The van der Waals surface area contributed by atoms with Crippen LogP contribution in [0.25, 0.3) is 0 Å². The van der Waals surface area contributed by atoms with E-state index in [1.54, 1.807) is 0 Å². The molecule has 86 valence electrons. The van der Waals surface area contributed by atoms with Crippen molar-refractivity contribution in [2.45, 2.75) is 79.1 Å². The Morgan fingerprint density at radius 1 is 0.786 bits per heavy atom. The normalized spacial score (nSPS) is 13.5. The quantitative estimate of drug-likeness (QED) is 0.434. The van der Waals surface area contributed by atoms with Gasteiger partial charge in [0.15, 0.2) is 0 Å². The van der Waals surface area contributed by atoms with Crippen LogP contribution in [0.2, 0.25) is 0 Å². The molecule has 14 heavy (non-hydrogen) atoms. The van der Waals surface area contributed by atoms with E-state index in [4.69, 9.17) is 0 Å². The Hall–Kier alpha value is 0. The molecule has 0 fully saturated rings. The molecular formula is C14H30. The summed E-state index contributed by atoms with van der Waals surface area (Å²) in [5, 5.41) is 0. The lowest BCUT2D eigenvalue weighted by Gasteiger charge is -2.13. The van der Waals surface area contributed by atoms with Gasteiger partial charge in [-0.3, -0.25) is 0 Å². The van der Waals surface area contributed by atoms with Gasteiger partial charge in [-0.05, 0) is 18.3 Å². The highest BCUT2D eigenvalue weighted by Gasteiger charge is 2.04. The Morgan fingerprint density at radius 2 is 1.36 bits per heavy atom. The molecule has 0 amide bonds. The smallest absolute Gasteiger partial charge is 0.0440 e. The molecular weight excluding hydrogens is 168 g/mol. The minimum absolute atomic E-state index is 0.880. The molecule has 0 bridgehead atoms. The first-order chi connectivity index (χ1) is 6.66. The average Bonchev–Trinajstić information content (AvgIpc) is 2.10. The van der Waals surface area contributed by atoms with Crippen molar-refractivity contribution in [1.29, 1.82) is 0 Å². The third-order valence-corrected chi connectivity index (χ3v) is 2.92. The molecule has 0 saturated carbocycles. The van der Waals surface area contributed by atoms with Crippen molar-refractivity contribution >= 4 is 0 Å². The van der Waals surface area contributed by atoms with Gasteiger partial charge in [0.1, 0.15) is 0 Å². The zero-order valence-corrected chi connectivity index (χ0v) is 10.8. The monoisotopic (exact) mass is 198 g/mol. The van der Waals surface area contributed by atoms with Crippen molar-refractivity contribution in [2.24, 2.45) is 11.8 Å².